The predicted octanol–water partition coefficient (Wildman–Crippen LogP) is 0.533. The summed E-state index contributed by atoms with van der Waals surface area (Å²) in [5.74, 6) is -0.785. The van der Waals surface area contributed by atoms with Crippen LogP contribution in [0.2, 0.25) is 0 Å². The first-order valence-corrected chi connectivity index (χ1v) is 5.05. The average molecular weight is 224 g/mol. The molecule has 4 heteroatoms. The maximum absolute atomic E-state index is 11.6. The van der Waals surface area contributed by atoms with E-state index in [1.54, 1.807) is 13.8 Å². The molecule has 0 aromatic rings. The molecule has 0 aromatic heterocycles. The van der Waals surface area contributed by atoms with Gasteiger partial charge < -0.3 is 10.2 Å². The highest BCUT2D eigenvalue weighted by molar-refractivity contribution is 6.13. The van der Waals surface area contributed by atoms with Crippen molar-refractivity contribution in [3.05, 3.63) is 23.8 Å². The summed E-state index contributed by atoms with van der Waals surface area (Å²) in [6.45, 7) is 4.45. The van der Waals surface area contributed by atoms with Gasteiger partial charge in [-0.2, -0.15) is 0 Å². The van der Waals surface area contributed by atoms with Crippen LogP contribution in [0.5, 0.6) is 0 Å². The van der Waals surface area contributed by atoms with Crippen molar-refractivity contribution in [2.24, 2.45) is 0 Å². The Labute approximate surface area is 94.3 Å². The summed E-state index contributed by atoms with van der Waals surface area (Å²) >= 11 is 0. The molecule has 0 saturated carbocycles. The molecular formula is C12H16O4. The molecule has 0 fully saturated rings. The molecule has 0 heterocycles. The number of aliphatic hydroxyl groups is 2. The lowest BCUT2D eigenvalue weighted by Crippen LogP contribution is -2.40. The zero-order valence-corrected chi connectivity index (χ0v) is 9.65. The number of ketones is 2. The largest absolute Gasteiger partial charge is 0.386 e. The van der Waals surface area contributed by atoms with E-state index in [2.05, 4.69) is 0 Å². The van der Waals surface area contributed by atoms with Crippen LogP contribution in [-0.2, 0) is 9.59 Å². The maximum Gasteiger partial charge on any atom is 0.188 e. The molecule has 0 spiro atoms. The Balaban J connectivity index is 2.96. The minimum Gasteiger partial charge on any atom is -0.386 e. The molecule has 16 heavy (non-hydrogen) atoms. The molecule has 1 rings (SSSR count). The lowest BCUT2D eigenvalue weighted by Gasteiger charge is -2.23. The first kappa shape index (κ1) is 12.8. The van der Waals surface area contributed by atoms with E-state index >= 15 is 0 Å². The van der Waals surface area contributed by atoms with Crippen LogP contribution in [0.25, 0.3) is 0 Å². The molecule has 1 aliphatic carbocycles. The zero-order chi connectivity index (χ0) is 12.6. The third-order valence-electron chi connectivity index (χ3n) is 2.31. The first-order chi connectivity index (χ1) is 7.12. The predicted molar refractivity (Wildman–Crippen MR) is 58.8 cm³/mol. The molecule has 0 aliphatic heterocycles. The molecule has 0 bridgehead atoms. The Kier molecular flexibility index (Phi) is 3.17. The highest BCUT2D eigenvalue weighted by Gasteiger charge is 2.36. The average Bonchev–Trinajstić information content (AvgIpc) is 2.07. The summed E-state index contributed by atoms with van der Waals surface area (Å²) in [7, 11) is 0. The molecule has 0 unspecified atom stereocenters. The third-order valence-corrected chi connectivity index (χ3v) is 2.31. The summed E-state index contributed by atoms with van der Waals surface area (Å²) in [6, 6.07) is 0. The van der Waals surface area contributed by atoms with Crippen LogP contribution in [0, 0.1) is 0 Å². The summed E-state index contributed by atoms with van der Waals surface area (Å²) < 4.78 is 0. The normalized spacial score (nSPS) is 27.4. The number of carbonyl (C=O) groups excluding carboxylic acids is 2. The van der Waals surface area contributed by atoms with E-state index in [-0.39, 0.29) is 17.8 Å². The topological polar surface area (TPSA) is 74.6 Å². The van der Waals surface area contributed by atoms with Crippen LogP contribution in [-0.4, -0.2) is 33.0 Å². The first-order valence-electron chi connectivity index (χ1n) is 5.05. The minimum absolute atomic E-state index is 0.214. The van der Waals surface area contributed by atoms with Crippen LogP contribution < -0.4 is 0 Å². The smallest absolute Gasteiger partial charge is 0.188 e. The van der Waals surface area contributed by atoms with Crippen LogP contribution in [0.3, 0.4) is 0 Å². The summed E-state index contributed by atoms with van der Waals surface area (Å²) in [6.07, 6.45) is 3.75. The van der Waals surface area contributed by atoms with Gasteiger partial charge in [-0.25, -0.2) is 0 Å². The van der Waals surface area contributed by atoms with E-state index in [0.717, 1.165) is 6.08 Å². The monoisotopic (exact) mass is 224 g/mol. The minimum atomic E-state index is -1.59. The fraction of sp³-hybridized carbons (Fsp3) is 0.500. The molecule has 1 aliphatic rings. The Morgan fingerprint density at radius 3 is 2.50 bits per heavy atom. The van der Waals surface area contributed by atoms with E-state index in [4.69, 9.17) is 0 Å². The van der Waals surface area contributed by atoms with Gasteiger partial charge in [0.25, 0.3) is 0 Å². The Morgan fingerprint density at radius 1 is 1.44 bits per heavy atom. The lowest BCUT2D eigenvalue weighted by atomic mass is 9.84. The summed E-state index contributed by atoms with van der Waals surface area (Å²) in [4.78, 5) is 23.0. The Bertz CT molecular complexity index is 380. The molecule has 0 radical (unpaired) electrons. The van der Waals surface area contributed by atoms with Crippen molar-refractivity contribution in [3.63, 3.8) is 0 Å². The highest BCUT2D eigenvalue weighted by atomic mass is 16.3. The van der Waals surface area contributed by atoms with Crippen molar-refractivity contribution in [1.29, 1.82) is 0 Å². The lowest BCUT2D eigenvalue weighted by molar-refractivity contribution is -0.137. The van der Waals surface area contributed by atoms with Gasteiger partial charge in [-0.15, -0.1) is 0 Å². The molecule has 2 N–H and O–H groups in total. The summed E-state index contributed by atoms with van der Waals surface area (Å²) in [5, 5.41) is 19.0. The van der Waals surface area contributed by atoms with Crippen LogP contribution in [0.15, 0.2) is 23.8 Å². The van der Waals surface area contributed by atoms with Crippen LogP contribution in [0.4, 0.5) is 0 Å². The van der Waals surface area contributed by atoms with Gasteiger partial charge in [-0.05, 0) is 26.8 Å². The summed E-state index contributed by atoms with van der Waals surface area (Å²) in [5.41, 5.74) is -2.41. The van der Waals surface area contributed by atoms with Crippen molar-refractivity contribution in [2.75, 3.05) is 0 Å². The second-order valence-corrected chi connectivity index (χ2v) is 4.82. The van der Waals surface area contributed by atoms with Gasteiger partial charge in [0.1, 0.15) is 5.60 Å². The van der Waals surface area contributed by atoms with Gasteiger partial charge in [0.2, 0.25) is 0 Å². The second-order valence-electron chi connectivity index (χ2n) is 4.82. The molecule has 1 atom stereocenters. The third kappa shape index (κ3) is 3.12. The Morgan fingerprint density at radius 2 is 2.00 bits per heavy atom. The molecular weight excluding hydrogens is 208 g/mol. The Hall–Kier alpha value is -1.26. The van der Waals surface area contributed by atoms with E-state index in [1.165, 1.54) is 19.1 Å². The number of rotatable bonds is 2. The van der Waals surface area contributed by atoms with E-state index in [0.29, 0.717) is 0 Å². The van der Waals surface area contributed by atoms with Crippen molar-refractivity contribution in [2.45, 2.75) is 38.4 Å². The van der Waals surface area contributed by atoms with Gasteiger partial charge >= 0.3 is 0 Å². The quantitative estimate of drug-likeness (QED) is 0.717. The van der Waals surface area contributed by atoms with Gasteiger partial charge in [-0.1, -0.05) is 12.2 Å². The molecule has 4 nitrogen and oxygen atoms in total. The van der Waals surface area contributed by atoms with E-state index < -0.39 is 17.0 Å². The zero-order valence-electron chi connectivity index (χ0n) is 9.65. The highest BCUT2D eigenvalue weighted by Crippen LogP contribution is 2.22. The second kappa shape index (κ2) is 3.96. The molecule has 0 saturated heterocycles. The van der Waals surface area contributed by atoms with E-state index in [9.17, 15) is 19.8 Å². The number of Topliss-reactive ketones (excluding diaryl/α,β-unsaturated/α-hetero) is 1. The van der Waals surface area contributed by atoms with Gasteiger partial charge in [0.15, 0.2) is 11.6 Å². The number of hydrogen-bond donors (Lipinski definition) is 2. The van der Waals surface area contributed by atoms with Gasteiger partial charge in [0.05, 0.1) is 5.60 Å². The fourth-order valence-electron chi connectivity index (χ4n) is 1.31. The number of hydrogen-bond acceptors (Lipinski definition) is 4. The van der Waals surface area contributed by atoms with Crippen molar-refractivity contribution in [1.82, 2.24) is 0 Å². The molecule has 0 aromatic carbocycles. The molecule has 88 valence electrons. The van der Waals surface area contributed by atoms with Crippen molar-refractivity contribution >= 4 is 11.6 Å². The maximum atomic E-state index is 11.6. The standard InChI is InChI=1S/C12H16O4/c1-11(2,15)5-4-8-6-10(14)12(3,16)7-9(8)13/h4-6,15-16H,7H2,1-3H3/b5-4+/t12-/m1/s1. The van der Waals surface area contributed by atoms with E-state index in [1.807, 2.05) is 0 Å². The SMILES string of the molecule is CC(C)(O)/C=C/C1=CC(=O)[C@](C)(O)CC1=O. The van der Waals surface area contributed by atoms with Crippen LogP contribution >= 0.6 is 0 Å². The molecule has 0 amide bonds. The van der Waals surface area contributed by atoms with Crippen LogP contribution in [0.1, 0.15) is 27.2 Å². The van der Waals surface area contributed by atoms with Crippen molar-refractivity contribution in [3.8, 4) is 0 Å². The van der Waals surface area contributed by atoms with Gasteiger partial charge in [0, 0.05) is 12.0 Å². The van der Waals surface area contributed by atoms with Gasteiger partial charge in [-0.3, -0.25) is 9.59 Å². The fourth-order valence-corrected chi connectivity index (χ4v) is 1.31. The number of allylic oxidation sites excluding steroid dienone is 2. The number of carbonyl (C=O) groups is 2. The van der Waals surface area contributed by atoms with Crippen molar-refractivity contribution < 1.29 is 19.8 Å².